The molecule has 0 atom stereocenters. The number of para-hydroxylation sites is 4. The van der Waals surface area contributed by atoms with Crippen molar-refractivity contribution < 1.29 is 4.74 Å². The average Bonchev–Trinajstić information content (AvgIpc) is 3.58. The summed E-state index contributed by atoms with van der Waals surface area (Å²) in [5.41, 5.74) is 13.0. The van der Waals surface area contributed by atoms with Gasteiger partial charge in [-0.1, -0.05) is 157 Å². The van der Waals surface area contributed by atoms with Crippen LogP contribution in [0.25, 0.3) is 45.3 Å². The minimum Gasteiger partial charge on any atom is -0.453 e. The summed E-state index contributed by atoms with van der Waals surface area (Å²) in [5, 5.41) is 0. The highest BCUT2D eigenvalue weighted by Crippen LogP contribution is 2.62. The SMILES string of the molecule is c1ccc(-c2nc(-c3cccc(N4c5ccccc5Oc5ccccc54)c3)nc(-c3ccc4c(c3)Sc3ccccc3C43c4ccccc4-c4ccccc43)n2)cc1. The fraction of sp³-hybridized carbons (Fsp3) is 0.0192. The van der Waals surface area contributed by atoms with Gasteiger partial charge in [-0.05, 0) is 81.9 Å². The van der Waals surface area contributed by atoms with Crippen molar-refractivity contribution in [2.75, 3.05) is 4.90 Å². The molecule has 8 aromatic carbocycles. The van der Waals surface area contributed by atoms with Crippen molar-refractivity contribution >= 4 is 28.8 Å². The zero-order valence-corrected chi connectivity index (χ0v) is 31.9. The fourth-order valence-corrected chi connectivity index (χ4v) is 10.3. The van der Waals surface area contributed by atoms with Crippen LogP contribution >= 0.6 is 11.8 Å². The summed E-state index contributed by atoms with van der Waals surface area (Å²) in [6, 6.07) is 68.4. The number of ether oxygens (including phenoxy) is 1. The standard InChI is InChI=1S/C52H32N4OS/c1-2-15-33(16-3-1)49-53-50(34-17-14-18-36(31-34)56-43-24-9-11-26-45(43)57-46-27-12-10-25-44(46)56)55-51(54-49)35-29-30-42-48(32-35)58-47-28-13-8-23-41(47)52(42)39-21-6-4-19-37(39)38-20-5-7-22-40(38)52/h1-32H. The lowest BCUT2D eigenvalue weighted by Gasteiger charge is -2.39. The number of hydrogen-bond donors (Lipinski definition) is 0. The zero-order chi connectivity index (χ0) is 38.2. The number of aromatic nitrogens is 3. The summed E-state index contributed by atoms with van der Waals surface area (Å²) in [5.74, 6) is 3.46. The van der Waals surface area contributed by atoms with Crippen molar-refractivity contribution in [3.05, 3.63) is 216 Å². The summed E-state index contributed by atoms with van der Waals surface area (Å²) in [6.45, 7) is 0. The number of rotatable bonds is 4. The lowest BCUT2D eigenvalue weighted by Crippen LogP contribution is -2.31. The van der Waals surface area contributed by atoms with Gasteiger partial charge >= 0.3 is 0 Å². The molecule has 0 saturated carbocycles. The van der Waals surface area contributed by atoms with Crippen LogP contribution in [-0.2, 0) is 5.41 Å². The first-order chi connectivity index (χ1) is 28.7. The van der Waals surface area contributed by atoms with E-state index in [4.69, 9.17) is 19.7 Å². The van der Waals surface area contributed by atoms with Crippen molar-refractivity contribution in [1.82, 2.24) is 15.0 Å². The first kappa shape index (κ1) is 32.9. The van der Waals surface area contributed by atoms with Crippen molar-refractivity contribution in [3.8, 4) is 56.8 Å². The molecular formula is C52H32N4OS. The van der Waals surface area contributed by atoms with Crippen LogP contribution in [0.5, 0.6) is 11.5 Å². The van der Waals surface area contributed by atoms with Crippen LogP contribution < -0.4 is 9.64 Å². The van der Waals surface area contributed by atoms with Crippen molar-refractivity contribution in [3.63, 3.8) is 0 Å². The second-order valence-electron chi connectivity index (χ2n) is 14.7. The van der Waals surface area contributed by atoms with E-state index in [-0.39, 0.29) is 0 Å². The molecule has 9 aromatic rings. The van der Waals surface area contributed by atoms with E-state index in [9.17, 15) is 0 Å². The van der Waals surface area contributed by atoms with Gasteiger partial charge in [0.2, 0.25) is 0 Å². The lowest BCUT2D eigenvalue weighted by molar-refractivity contribution is 0.477. The fourth-order valence-electron chi connectivity index (χ4n) is 9.12. The number of benzene rings is 8. The highest BCUT2D eigenvalue weighted by Gasteiger charge is 2.50. The summed E-state index contributed by atoms with van der Waals surface area (Å²) in [4.78, 5) is 20.2. The lowest BCUT2D eigenvalue weighted by atomic mass is 9.67. The molecule has 3 aliphatic rings. The maximum Gasteiger partial charge on any atom is 0.164 e. The van der Waals surface area contributed by atoms with Gasteiger partial charge in [-0.15, -0.1) is 0 Å². The summed E-state index contributed by atoms with van der Waals surface area (Å²) in [7, 11) is 0. The molecule has 0 fully saturated rings. The number of hydrogen-bond acceptors (Lipinski definition) is 6. The molecule has 0 saturated heterocycles. The van der Waals surface area contributed by atoms with Gasteiger partial charge in [0.25, 0.3) is 0 Å². The summed E-state index contributed by atoms with van der Waals surface area (Å²) in [6.07, 6.45) is 0. The topological polar surface area (TPSA) is 51.1 Å². The molecule has 1 aliphatic carbocycles. The highest BCUT2D eigenvalue weighted by atomic mass is 32.2. The molecule has 272 valence electrons. The van der Waals surface area contributed by atoms with Crippen LogP contribution in [-0.4, -0.2) is 15.0 Å². The van der Waals surface area contributed by atoms with Crippen LogP contribution in [0, 0.1) is 0 Å². The van der Waals surface area contributed by atoms with E-state index < -0.39 is 5.41 Å². The molecule has 58 heavy (non-hydrogen) atoms. The molecule has 1 aromatic heterocycles. The Labute approximate surface area is 340 Å². The third kappa shape index (κ3) is 4.88. The quantitative estimate of drug-likeness (QED) is 0.178. The van der Waals surface area contributed by atoms with Crippen molar-refractivity contribution in [2.24, 2.45) is 0 Å². The van der Waals surface area contributed by atoms with Crippen molar-refractivity contribution in [1.29, 1.82) is 0 Å². The van der Waals surface area contributed by atoms with E-state index >= 15 is 0 Å². The molecule has 2 aliphatic heterocycles. The second kappa shape index (κ2) is 12.9. The molecule has 0 radical (unpaired) electrons. The van der Waals surface area contributed by atoms with E-state index in [2.05, 4.69) is 144 Å². The zero-order valence-electron chi connectivity index (χ0n) is 31.1. The molecule has 0 amide bonds. The first-order valence-electron chi connectivity index (χ1n) is 19.4. The molecule has 0 bridgehead atoms. The third-order valence-corrected chi connectivity index (χ3v) is 12.7. The Hall–Kier alpha value is -7.28. The van der Waals surface area contributed by atoms with Gasteiger partial charge in [0.05, 0.1) is 16.8 Å². The van der Waals surface area contributed by atoms with E-state index in [1.807, 2.05) is 66.4 Å². The average molecular weight is 761 g/mol. The van der Waals surface area contributed by atoms with Gasteiger partial charge in [-0.25, -0.2) is 15.0 Å². The predicted octanol–water partition coefficient (Wildman–Crippen LogP) is 13.3. The summed E-state index contributed by atoms with van der Waals surface area (Å²) >= 11 is 1.82. The van der Waals surface area contributed by atoms with Gasteiger partial charge in [0.15, 0.2) is 29.0 Å². The molecular weight excluding hydrogens is 729 g/mol. The van der Waals surface area contributed by atoms with Gasteiger partial charge in [0.1, 0.15) is 0 Å². The Morgan fingerprint density at radius 2 is 0.914 bits per heavy atom. The number of nitrogens with zero attached hydrogens (tertiary/aromatic N) is 4. The Morgan fingerprint density at radius 3 is 1.60 bits per heavy atom. The molecule has 6 heteroatoms. The Morgan fingerprint density at radius 1 is 0.397 bits per heavy atom. The molecule has 0 N–H and O–H groups in total. The maximum absolute atomic E-state index is 6.32. The highest BCUT2D eigenvalue weighted by molar-refractivity contribution is 7.99. The van der Waals surface area contributed by atoms with Crippen LogP contribution in [0.1, 0.15) is 22.3 Å². The minimum absolute atomic E-state index is 0.445. The van der Waals surface area contributed by atoms with E-state index in [0.29, 0.717) is 17.5 Å². The normalized spacial score (nSPS) is 13.7. The molecule has 5 nitrogen and oxygen atoms in total. The van der Waals surface area contributed by atoms with Gasteiger partial charge in [0, 0.05) is 32.2 Å². The van der Waals surface area contributed by atoms with Crippen LogP contribution in [0.4, 0.5) is 17.1 Å². The van der Waals surface area contributed by atoms with Crippen LogP contribution in [0.3, 0.4) is 0 Å². The second-order valence-corrected chi connectivity index (χ2v) is 15.8. The van der Waals surface area contributed by atoms with Crippen LogP contribution in [0.2, 0.25) is 0 Å². The Bertz CT molecular complexity index is 3020. The molecule has 1 spiro atoms. The van der Waals surface area contributed by atoms with Gasteiger partial charge < -0.3 is 9.64 Å². The smallest absolute Gasteiger partial charge is 0.164 e. The maximum atomic E-state index is 6.32. The predicted molar refractivity (Wildman–Crippen MR) is 232 cm³/mol. The van der Waals surface area contributed by atoms with Gasteiger partial charge in [-0.2, -0.15) is 0 Å². The molecule has 3 heterocycles. The molecule has 0 unspecified atom stereocenters. The van der Waals surface area contributed by atoms with E-state index in [1.54, 1.807) is 0 Å². The Kier molecular flexibility index (Phi) is 7.31. The van der Waals surface area contributed by atoms with Gasteiger partial charge in [-0.3, -0.25) is 0 Å². The number of fused-ring (bicyclic) bond motifs is 11. The number of anilines is 3. The van der Waals surface area contributed by atoms with E-state index in [0.717, 1.165) is 45.3 Å². The largest absolute Gasteiger partial charge is 0.453 e. The Balaban J connectivity index is 1.03. The first-order valence-corrected chi connectivity index (χ1v) is 20.3. The summed E-state index contributed by atoms with van der Waals surface area (Å²) < 4.78 is 6.32. The van der Waals surface area contributed by atoms with Crippen molar-refractivity contribution in [2.45, 2.75) is 15.2 Å². The van der Waals surface area contributed by atoms with E-state index in [1.165, 1.54) is 43.2 Å². The molecule has 12 rings (SSSR count). The monoisotopic (exact) mass is 760 g/mol. The third-order valence-electron chi connectivity index (χ3n) is 11.6. The minimum atomic E-state index is -0.445. The van der Waals surface area contributed by atoms with Crippen LogP contribution in [0.15, 0.2) is 204 Å².